The second kappa shape index (κ2) is 3.25. The summed E-state index contributed by atoms with van der Waals surface area (Å²) < 4.78 is 1.75. The van der Waals surface area contributed by atoms with Crippen LogP contribution in [0.5, 0.6) is 0 Å². The van der Waals surface area contributed by atoms with Gasteiger partial charge in [0.15, 0.2) is 11.2 Å². The molecule has 0 atom stereocenters. The van der Waals surface area contributed by atoms with E-state index in [2.05, 4.69) is 15.0 Å². The predicted molar refractivity (Wildman–Crippen MR) is 53.1 cm³/mol. The van der Waals surface area contributed by atoms with E-state index in [9.17, 15) is 4.79 Å². The van der Waals surface area contributed by atoms with E-state index in [0.717, 1.165) is 18.7 Å². The fourth-order valence-electron chi connectivity index (χ4n) is 1.42. The van der Waals surface area contributed by atoms with Gasteiger partial charge in [0.25, 0.3) is 5.56 Å². The van der Waals surface area contributed by atoms with Crippen LogP contribution >= 0.6 is 0 Å². The number of hydrogen-bond acceptors (Lipinski definition) is 3. The van der Waals surface area contributed by atoms with Gasteiger partial charge in [-0.3, -0.25) is 4.79 Å². The molecule has 0 aromatic carbocycles. The molecular weight excluding hydrogens is 180 g/mol. The van der Waals surface area contributed by atoms with Crippen molar-refractivity contribution in [3.63, 3.8) is 0 Å². The van der Waals surface area contributed by atoms with Gasteiger partial charge in [0, 0.05) is 13.5 Å². The van der Waals surface area contributed by atoms with Gasteiger partial charge in [-0.2, -0.15) is 0 Å². The number of rotatable bonds is 2. The Morgan fingerprint density at radius 3 is 3.07 bits per heavy atom. The molecule has 1 N–H and O–H groups in total. The normalized spacial score (nSPS) is 11.0. The fourth-order valence-corrected chi connectivity index (χ4v) is 1.42. The Morgan fingerprint density at radius 2 is 2.36 bits per heavy atom. The quantitative estimate of drug-likeness (QED) is 0.758. The summed E-state index contributed by atoms with van der Waals surface area (Å²) in [5.41, 5.74) is 0.906. The summed E-state index contributed by atoms with van der Waals surface area (Å²) >= 11 is 0. The summed E-state index contributed by atoms with van der Waals surface area (Å²) in [5.74, 6) is 0.730. The molecule has 2 heterocycles. The minimum absolute atomic E-state index is 0.154. The molecular formula is C9H12N4O. The Labute approximate surface area is 80.8 Å². The van der Waals surface area contributed by atoms with E-state index in [4.69, 9.17) is 0 Å². The highest BCUT2D eigenvalue weighted by atomic mass is 16.1. The Kier molecular flexibility index (Phi) is 2.07. The standard InChI is InChI=1S/C9H12N4O/c1-3-4-6-11-8-7(9(14)12-6)10-5-13(8)2/h5H,3-4H2,1-2H3,(H,11,12,14). The summed E-state index contributed by atoms with van der Waals surface area (Å²) in [6.45, 7) is 2.05. The maximum atomic E-state index is 11.5. The van der Waals surface area contributed by atoms with Crippen LogP contribution in [-0.2, 0) is 13.5 Å². The average molecular weight is 192 g/mol. The zero-order valence-corrected chi connectivity index (χ0v) is 8.24. The van der Waals surface area contributed by atoms with E-state index in [1.54, 1.807) is 10.9 Å². The van der Waals surface area contributed by atoms with Crippen molar-refractivity contribution in [3.8, 4) is 0 Å². The van der Waals surface area contributed by atoms with Crippen molar-refractivity contribution in [2.75, 3.05) is 0 Å². The summed E-state index contributed by atoms with van der Waals surface area (Å²) in [4.78, 5) is 22.5. The van der Waals surface area contributed by atoms with Gasteiger partial charge in [0.1, 0.15) is 5.82 Å². The molecule has 0 saturated heterocycles. The van der Waals surface area contributed by atoms with E-state index >= 15 is 0 Å². The number of aromatic nitrogens is 4. The number of aryl methyl sites for hydroxylation is 2. The highest BCUT2D eigenvalue weighted by molar-refractivity contribution is 5.68. The fraction of sp³-hybridized carbons (Fsp3) is 0.444. The summed E-state index contributed by atoms with van der Waals surface area (Å²) in [5, 5.41) is 0. The Morgan fingerprint density at radius 1 is 1.57 bits per heavy atom. The van der Waals surface area contributed by atoms with Crippen LogP contribution in [0.25, 0.3) is 11.2 Å². The highest BCUT2D eigenvalue weighted by Crippen LogP contribution is 2.03. The molecule has 5 nitrogen and oxygen atoms in total. The molecule has 0 fully saturated rings. The van der Waals surface area contributed by atoms with Crippen molar-refractivity contribution in [2.24, 2.45) is 7.05 Å². The van der Waals surface area contributed by atoms with Crippen molar-refractivity contribution in [1.29, 1.82) is 0 Å². The van der Waals surface area contributed by atoms with E-state index < -0.39 is 0 Å². The molecule has 0 aliphatic rings. The number of nitrogens with one attached hydrogen (secondary N) is 1. The third-order valence-corrected chi connectivity index (χ3v) is 2.11. The highest BCUT2D eigenvalue weighted by Gasteiger charge is 2.07. The van der Waals surface area contributed by atoms with Crippen LogP contribution in [0.3, 0.4) is 0 Å². The topological polar surface area (TPSA) is 63.6 Å². The van der Waals surface area contributed by atoms with Crippen molar-refractivity contribution >= 4 is 11.2 Å². The van der Waals surface area contributed by atoms with Crippen molar-refractivity contribution in [3.05, 3.63) is 22.5 Å². The Bertz CT molecular complexity index is 511. The van der Waals surface area contributed by atoms with Gasteiger partial charge in [-0.15, -0.1) is 0 Å². The number of imidazole rings is 1. The monoisotopic (exact) mass is 192 g/mol. The lowest BCUT2D eigenvalue weighted by Gasteiger charge is -1.98. The molecule has 14 heavy (non-hydrogen) atoms. The van der Waals surface area contributed by atoms with E-state index in [1.807, 2.05) is 14.0 Å². The van der Waals surface area contributed by atoms with Crippen molar-refractivity contribution < 1.29 is 0 Å². The van der Waals surface area contributed by atoms with Crippen LogP contribution in [-0.4, -0.2) is 19.5 Å². The molecule has 0 aliphatic heterocycles. The van der Waals surface area contributed by atoms with Gasteiger partial charge in [-0.05, 0) is 6.42 Å². The van der Waals surface area contributed by atoms with E-state index in [1.165, 1.54) is 0 Å². The van der Waals surface area contributed by atoms with Crippen molar-refractivity contribution in [2.45, 2.75) is 19.8 Å². The Balaban J connectivity index is 2.69. The minimum Gasteiger partial charge on any atom is -0.318 e. The third kappa shape index (κ3) is 1.30. The smallest absolute Gasteiger partial charge is 0.279 e. The van der Waals surface area contributed by atoms with Crippen LogP contribution in [0, 0.1) is 0 Å². The molecule has 0 saturated carbocycles. The molecule has 0 spiro atoms. The first-order valence-corrected chi connectivity index (χ1v) is 4.62. The first-order valence-electron chi connectivity index (χ1n) is 4.62. The number of H-pyrrole nitrogens is 1. The number of fused-ring (bicyclic) bond motifs is 1. The molecule has 0 aliphatic carbocycles. The SMILES string of the molecule is CCCc1nc2c(ncn2C)c(=O)[nH]1. The molecule has 0 amide bonds. The third-order valence-electron chi connectivity index (χ3n) is 2.11. The van der Waals surface area contributed by atoms with Gasteiger partial charge in [0.05, 0.1) is 6.33 Å². The van der Waals surface area contributed by atoms with Gasteiger partial charge in [0.2, 0.25) is 0 Å². The van der Waals surface area contributed by atoms with Gasteiger partial charge >= 0.3 is 0 Å². The van der Waals surface area contributed by atoms with Crippen LogP contribution in [0.1, 0.15) is 19.2 Å². The first kappa shape index (κ1) is 8.93. The van der Waals surface area contributed by atoms with Crippen LogP contribution in [0.2, 0.25) is 0 Å². The zero-order valence-electron chi connectivity index (χ0n) is 8.24. The number of nitrogens with zero attached hydrogens (tertiary/aromatic N) is 3. The molecule has 2 aromatic rings. The van der Waals surface area contributed by atoms with E-state index in [-0.39, 0.29) is 5.56 Å². The van der Waals surface area contributed by atoms with Gasteiger partial charge in [-0.1, -0.05) is 6.92 Å². The minimum atomic E-state index is -0.154. The largest absolute Gasteiger partial charge is 0.318 e. The zero-order chi connectivity index (χ0) is 10.1. The van der Waals surface area contributed by atoms with Gasteiger partial charge in [-0.25, -0.2) is 9.97 Å². The number of aromatic amines is 1. The first-order chi connectivity index (χ1) is 6.72. The lowest BCUT2D eigenvalue weighted by molar-refractivity contribution is 0.824. The summed E-state index contributed by atoms with van der Waals surface area (Å²) in [7, 11) is 1.83. The average Bonchev–Trinajstić information content (AvgIpc) is 2.49. The van der Waals surface area contributed by atoms with Gasteiger partial charge < -0.3 is 9.55 Å². The van der Waals surface area contributed by atoms with E-state index in [0.29, 0.717) is 11.2 Å². The lowest BCUT2D eigenvalue weighted by Crippen LogP contribution is -2.12. The van der Waals surface area contributed by atoms with Crippen molar-refractivity contribution in [1.82, 2.24) is 19.5 Å². The van der Waals surface area contributed by atoms with Crippen LogP contribution < -0.4 is 5.56 Å². The number of hydrogen-bond donors (Lipinski definition) is 1. The maximum absolute atomic E-state index is 11.5. The second-order valence-corrected chi connectivity index (χ2v) is 3.29. The molecule has 0 radical (unpaired) electrons. The maximum Gasteiger partial charge on any atom is 0.279 e. The van der Waals surface area contributed by atoms with Crippen LogP contribution in [0.4, 0.5) is 0 Å². The lowest BCUT2D eigenvalue weighted by atomic mass is 10.3. The molecule has 0 unspecified atom stereocenters. The molecule has 74 valence electrons. The summed E-state index contributed by atoms with van der Waals surface area (Å²) in [6, 6.07) is 0. The summed E-state index contributed by atoms with van der Waals surface area (Å²) in [6.07, 6.45) is 3.35. The van der Waals surface area contributed by atoms with Crippen LogP contribution in [0.15, 0.2) is 11.1 Å². The Hall–Kier alpha value is -1.65. The molecule has 0 bridgehead atoms. The molecule has 2 rings (SSSR count). The second-order valence-electron chi connectivity index (χ2n) is 3.29. The molecule has 2 aromatic heterocycles. The molecule has 5 heteroatoms. The predicted octanol–water partition coefficient (Wildman–Crippen LogP) is 0.609.